The largest absolute Gasteiger partial charge is 0.416 e. The third kappa shape index (κ3) is 5.35. The number of amides is 1. The van der Waals surface area contributed by atoms with Crippen LogP contribution in [0.25, 0.3) is 0 Å². The molecule has 0 unspecified atom stereocenters. The van der Waals surface area contributed by atoms with Crippen LogP contribution in [0.15, 0.2) is 36.5 Å². The SMILES string of the molecule is CC(C)CNC(=O)c1ccc(Nc2cc(C(F)(F)F)ccc2Cl)cn1. The van der Waals surface area contributed by atoms with Crippen LogP contribution in [0.1, 0.15) is 29.9 Å². The van der Waals surface area contributed by atoms with Gasteiger partial charge in [0.25, 0.3) is 5.91 Å². The van der Waals surface area contributed by atoms with Crippen LogP contribution in [0, 0.1) is 5.92 Å². The van der Waals surface area contributed by atoms with E-state index in [0.29, 0.717) is 18.2 Å². The van der Waals surface area contributed by atoms with Gasteiger partial charge in [-0.2, -0.15) is 13.2 Å². The maximum atomic E-state index is 12.8. The lowest BCUT2D eigenvalue weighted by molar-refractivity contribution is -0.137. The lowest BCUT2D eigenvalue weighted by atomic mass is 10.2. The van der Waals surface area contributed by atoms with Gasteiger partial charge in [0.1, 0.15) is 5.69 Å². The van der Waals surface area contributed by atoms with Gasteiger partial charge in [-0.1, -0.05) is 25.4 Å². The molecule has 0 atom stereocenters. The van der Waals surface area contributed by atoms with Gasteiger partial charge in [0, 0.05) is 6.54 Å². The van der Waals surface area contributed by atoms with Crippen molar-refractivity contribution in [3.05, 3.63) is 52.8 Å². The summed E-state index contributed by atoms with van der Waals surface area (Å²) in [6.07, 6.45) is -3.10. The van der Waals surface area contributed by atoms with Crippen molar-refractivity contribution in [3.8, 4) is 0 Å². The lowest BCUT2D eigenvalue weighted by Crippen LogP contribution is -2.27. The molecule has 0 spiro atoms. The van der Waals surface area contributed by atoms with Crippen molar-refractivity contribution in [2.45, 2.75) is 20.0 Å². The summed E-state index contributed by atoms with van der Waals surface area (Å²) in [5.74, 6) is 0.00490. The first kappa shape index (κ1) is 19.1. The van der Waals surface area contributed by atoms with Gasteiger partial charge in [-0.05, 0) is 36.2 Å². The molecule has 1 aromatic carbocycles. The molecule has 0 aliphatic carbocycles. The molecule has 2 rings (SSSR count). The highest BCUT2D eigenvalue weighted by Gasteiger charge is 2.31. The first-order chi connectivity index (χ1) is 11.7. The standard InChI is InChI=1S/C17H17ClF3N3O/c1-10(2)8-23-16(25)14-6-4-12(9-22-14)24-15-7-11(17(19,20)21)3-5-13(15)18/h3-7,9-10,24H,8H2,1-2H3,(H,23,25). The van der Waals surface area contributed by atoms with Gasteiger partial charge in [0.15, 0.2) is 0 Å². The second-order valence-corrected chi connectivity index (χ2v) is 6.26. The zero-order valence-corrected chi connectivity index (χ0v) is 14.4. The molecule has 1 amide bonds. The number of nitrogens with one attached hydrogen (secondary N) is 2. The molecule has 0 saturated heterocycles. The molecule has 0 radical (unpaired) electrons. The van der Waals surface area contributed by atoms with Crippen LogP contribution >= 0.6 is 11.6 Å². The van der Waals surface area contributed by atoms with Crippen molar-refractivity contribution in [2.24, 2.45) is 5.92 Å². The fourth-order valence-corrected chi connectivity index (χ4v) is 2.11. The summed E-state index contributed by atoms with van der Waals surface area (Å²) in [5, 5.41) is 5.65. The second kappa shape index (κ2) is 7.74. The van der Waals surface area contributed by atoms with Crippen molar-refractivity contribution in [3.63, 3.8) is 0 Å². The molecule has 0 bridgehead atoms. The molecule has 0 saturated carbocycles. The summed E-state index contributed by atoms with van der Waals surface area (Å²) in [4.78, 5) is 15.9. The maximum Gasteiger partial charge on any atom is 0.416 e. The smallest absolute Gasteiger partial charge is 0.353 e. The van der Waals surface area contributed by atoms with Crippen molar-refractivity contribution in [1.29, 1.82) is 0 Å². The normalized spacial score (nSPS) is 11.5. The van der Waals surface area contributed by atoms with Crippen LogP contribution in [0.4, 0.5) is 24.5 Å². The van der Waals surface area contributed by atoms with Gasteiger partial charge in [-0.3, -0.25) is 4.79 Å². The highest BCUT2D eigenvalue weighted by atomic mass is 35.5. The van der Waals surface area contributed by atoms with Gasteiger partial charge in [0.05, 0.1) is 28.2 Å². The van der Waals surface area contributed by atoms with E-state index < -0.39 is 11.7 Å². The Labute approximate surface area is 148 Å². The number of carbonyl (C=O) groups excluding carboxylic acids is 1. The predicted molar refractivity (Wildman–Crippen MR) is 91.1 cm³/mol. The number of carbonyl (C=O) groups is 1. The molecule has 25 heavy (non-hydrogen) atoms. The van der Waals surface area contributed by atoms with Crippen LogP contribution in [0.3, 0.4) is 0 Å². The van der Waals surface area contributed by atoms with Crippen LogP contribution in [-0.4, -0.2) is 17.4 Å². The van der Waals surface area contributed by atoms with Crippen LogP contribution < -0.4 is 10.6 Å². The lowest BCUT2D eigenvalue weighted by Gasteiger charge is -2.12. The molecule has 2 aromatic rings. The van der Waals surface area contributed by atoms with E-state index in [-0.39, 0.29) is 22.3 Å². The van der Waals surface area contributed by atoms with E-state index in [1.807, 2.05) is 13.8 Å². The Morgan fingerprint density at radius 3 is 2.52 bits per heavy atom. The molecule has 0 fully saturated rings. The molecule has 1 aromatic heterocycles. The number of hydrogen-bond donors (Lipinski definition) is 2. The zero-order valence-electron chi connectivity index (χ0n) is 13.6. The molecule has 0 aliphatic heterocycles. The third-order valence-electron chi connectivity index (χ3n) is 3.24. The van der Waals surface area contributed by atoms with E-state index in [0.717, 1.165) is 12.1 Å². The van der Waals surface area contributed by atoms with Gasteiger partial charge < -0.3 is 10.6 Å². The summed E-state index contributed by atoms with van der Waals surface area (Å²) < 4.78 is 38.3. The molecule has 4 nitrogen and oxygen atoms in total. The van der Waals surface area contributed by atoms with Crippen LogP contribution in [0.5, 0.6) is 0 Å². The number of alkyl halides is 3. The number of nitrogens with zero attached hydrogens (tertiary/aromatic N) is 1. The highest BCUT2D eigenvalue weighted by Crippen LogP contribution is 2.34. The first-order valence-corrected chi connectivity index (χ1v) is 7.92. The molecule has 2 N–H and O–H groups in total. The average Bonchev–Trinajstić information content (AvgIpc) is 2.54. The molecule has 0 aliphatic rings. The topological polar surface area (TPSA) is 54.0 Å². The Kier molecular flexibility index (Phi) is 5.89. The Morgan fingerprint density at radius 2 is 1.96 bits per heavy atom. The van der Waals surface area contributed by atoms with E-state index in [4.69, 9.17) is 11.6 Å². The highest BCUT2D eigenvalue weighted by molar-refractivity contribution is 6.33. The maximum absolute atomic E-state index is 12.8. The van der Waals surface area contributed by atoms with Gasteiger partial charge in [0.2, 0.25) is 0 Å². The van der Waals surface area contributed by atoms with Gasteiger partial charge in [-0.25, -0.2) is 4.98 Å². The fraction of sp³-hybridized carbons (Fsp3) is 0.294. The van der Waals surface area contributed by atoms with E-state index >= 15 is 0 Å². The number of pyridine rings is 1. The van der Waals surface area contributed by atoms with Crippen molar-refractivity contribution in [1.82, 2.24) is 10.3 Å². The minimum Gasteiger partial charge on any atom is -0.353 e. The van der Waals surface area contributed by atoms with E-state index in [1.54, 1.807) is 6.07 Å². The number of anilines is 2. The monoisotopic (exact) mass is 371 g/mol. The molecular weight excluding hydrogens is 355 g/mol. The van der Waals surface area contributed by atoms with Crippen molar-refractivity contribution < 1.29 is 18.0 Å². The Morgan fingerprint density at radius 1 is 1.24 bits per heavy atom. The summed E-state index contributed by atoms with van der Waals surface area (Å²) in [6.45, 7) is 4.47. The van der Waals surface area contributed by atoms with Gasteiger partial charge >= 0.3 is 6.18 Å². The average molecular weight is 372 g/mol. The summed E-state index contributed by atoms with van der Waals surface area (Å²) in [7, 11) is 0. The van der Waals surface area contributed by atoms with Crippen molar-refractivity contribution >= 4 is 28.9 Å². The van der Waals surface area contributed by atoms with Crippen LogP contribution in [0.2, 0.25) is 5.02 Å². The van der Waals surface area contributed by atoms with Crippen molar-refractivity contribution in [2.75, 3.05) is 11.9 Å². The van der Waals surface area contributed by atoms with Crippen LogP contribution in [-0.2, 0) is 6.18 Å². The van der Waals surface area contributed by atoms with Gasteiger partial charge in [-0.15, -0.1) is 0 Å². The Bertz CT molecular complexity index is 746. The quantitative estimate of drug-likeness (QED) is 0.787. The molecular formula is C17H17ClF3N3O. The first-order valence-electron chi connectivity index (χ1n) is 7.55. The number of hydrogen-bond acceptors (Lipinski definition) is 3. The Balaban J connectivity index is 2.12. The molecule has 1 heterocycles. The zero-order chi connectivity index (χ0) is 18.6. The second-order valence-electron chi connectivity index (χ2n) is 5.85. The summed E-state index contributed by atoms with van der Waals surface area (Å²) in [5.41, 5.74) is -0.0599. The number of halogens is 4. The van der Waals surface area contributed by atoms with E-state index in [9.17, 15) is 18.0 Å². The van der Waals surface area contributed by atoms with E-state index in [2.05, 4.69) is 15.6 Å². The summed E-state index contributed by atoms with van der Waals surface area (Å²) in [6, 6.07) is 6.04. The minimum atomic E-state index is -4.46. The third-order valence-corrected chi connectivity index (χ3v) is 3.57. The summed E-state index contributed by atoms with van der Waals surface area (Å²) >= 11 is 5.93. The van der Waals surface area contributed by atoms with E-state index in [1.165, 1.54) is 18.3 Å². The predicted octanol–water partition coefficient (Wildman–Crippen LogP) is 4.88. The Hall–Kier alpha value is -2.28. The molecule has 8 heteroatoms. The minimum absolute atomic E-state index is 0.107. The fourth-order valence-electron chi connectivity index (χ4n) is 1.94. The molecule has 134 valence electrons. The number of benzene rings is 1. The number of aromatic nitrogens is 1. The number of rotatable bonds is 5.